The van der Waals surface area contributed by atoms with Crippen molar-refractivity contribution in [3.05, 3.63) is 42.7 Å². The molecule has 0 aliphatic rings. The molecule has 2 rings (SSSR count). The van der Waals surface area contributed by atoms with Gasteiger partial charge in [0.25, 0.3) is 0 Å². The maximum Gasteiger partial charge on any atom is 0.177 e. The quantitative estimate of drug-likeness (QED) is 0.885. The van der Waals surface area contributed by atoms with E-state index in [9.17, 15) is 8.42 Å². The van der Waals surface area contributed by atoms with E-state index in [1.54, 1.807) is 24.4 Å². The first-order chi connectivity index (χ1) is 9.47. The van der Waals surface area contributed by atoms with Crippen molar-refractivity contribution in [1.29, 1.82) is 0 Å². The second-order valence-corrected chi connectivity index (χ2v) is 6.97. The molecule has 0 fully saturated rings. The molecule has 1 N–H and O–H groups in total. The lowest BCUT2D eigenvalue weighted by molar-refractivity contribution is 0.467. The van der Waals surface area contributed by atoms with E-state index in [2.05, 4.69) is 17.3 Å². The van der Waals surface area contributed by atoms with E-state index in [4.69, 9.17) is 0 Å². The van der Waals surface area contributed by atoms with E-state index in [0.29, 0.717) is 23.0 Å². The van der Waals surface area contributed by atoms with Gasteiger partial charge in [-0.3, -0.25) is 4.68 Å². The van der Waals surface area contributed by atoms with Crippen LogP contribution in [0.2, 0.25) is 0 Å². The minimum absolute atomic E-state index is 0.336. The molecule has 0 aliphatic heterocycles. The summed E-state index contributed by atoms with van der Waals surface area (Å²) in [5.74, 6) is 0.336. The van der Waals surface area contributed by atoms with Crippen molar-refractivity contribution in [2.24, 2.45) is 5.92 Å². The molecule has 1 atom stereocenters. The van der Waals surface area contributed by atoms with Crippen molar-refractivity contribution in [3.63, 3.8) is 0 Å². The van der Waals surface area contributed by atoms with Crippen molar-refractivity contribution >= 4 is 15.5 Å². The van der Waals surface area contributed by atoms with E-state index >= 15 is 0 Å². The highest BCUT2D eigenvalue weighted by Gasteiger charge is 2.13. The summed E-state index contributed by atoms with van der Waals surface area (Å²) in [5, 5.41) is 7.37. The third-order valence-electron chi connectivity index (χ3n) is 2.99. The SMILES string of the molecule is C[C@@H](CNc1ccccc1S(C)(=O)=O)Cn1cccn1. The number of rotatable bonds is 6. The molecule has 0 radical (unpaired) electrons. The largest absolute Gasteiger partial charge is 0.384 e. The zero-order chi connectivity index (χ0) is 14.6. The summed E-state index contributed by atoms with van der Waals surface area (Å²) >= 11 is 0. The van der Waals surface area contributed by atoms with Crippen LogP contribution in [0.15, 0.2) is 47.6 Å². The summed E-state index contributed by atoms with van der Waals surface area (Å²) in [6.45, 7) is 3.57. The Morgan fingerprint density at radius 2 is 2.05 bits per heavy atom. The highest BCUT2D eigenvalue weighted by molar-refractivity contribution is 7.90. The zero-order valence-corrected chi connectivity index (χ0v) is 12.5. The molecule has 0 amide bonds. The van der Waals surface area contributed by atoms with Gasteiger partial charge in [-0.2, -0.15) is 5.10 Å². The first-order valence-electron chi connectivity index (χ1n) is 6.47. The molecule has 1 aromatic heterocycles. The van der Waals surface area contributed by atoms with E-state index in [0.717, 1.165) is 6.54 Å². The Hall–Kier alpha value is -1.82. The minimum Gasteiger partial charge on any atom is -0.384 e. The van der Waals surface area contributed by atoms with E-state index in [-0.39, 0.29) is 0 Å². The Morgan fingerprint density at radius 3 is 2.70 bits per heavy atom. The van der Waals surface area contributed by atoms with Crippen molar-refractivity contribution < 1.29 is 8.42 Å². The van der Waals surface area contributed by atoms with Crippen LogP contribution >= 0.6 is 0 Å². The average Bonchev–Trinajstić information content (AvgIpc) is 2.88. The molecule has 0 saturated heterocycles. The topological polar surface area (TPSA) is 64.0 Å². The van der Waals surface area contributed by atoms with Crippen molar-refractivity contribution in [2.45, 2.75) is 18.4 Å². The van der Waals surface area contributed by atoms with Gasteiger partial charge < -0.3 is 5.32 Å². The predicted octanol–water partition coefficient (Wildman–Crippen LogP) is 2.03. The Morgan fingerprint density at radius 1 is 1.30 bits per heavy atom. The van der Waals surface area contributed by atoms with Crippen LogP contribution in [-0.4, -0.2) is 31.0 Å². The molecular formula is C14H19N3O2S. The van der Waals surface area contributed by atoms with Gasteiger partial charge in [-0.05, 0) is 24.1 Å². The van der Waals surface area contributed by atoms with Gasteiger partial charge >= 0.3 is 0 Å². The molecule has 0 aliphatic carbocycles. The van der Waals surface area contributed by atoms with Crippen LogP contribution in [0.5, 0.6) is 0 Å². The molecule has 1 aromatic carbocycles. The lowest BCUT2D eigenvalue weighted by Gasteiger charge is -2.15. The molecule has 0 saturated carbocycles. The zero-order valence-electron chi connectivity index (χ0n) is 11.7. The monoisotopic (exact) mass is 293 g/mol. The molecular weight excluding hydrogens is 274 g/mol. The maximum atomic E-state index is 11.7. The minimum atomic E-state index is -3.21. The Bertz CT molecular complexity index is 651. The number of nitrogens with one attached hydrogen (secondary N) is 1. The summed E-state index contributed by atoms with van der Waals surface area (Å²) in [6.07, 6.45) is 4.89. The van der Waals surface area contributed by atoms with Gasteiger partial charge in [0.2, 0.25) is 0 Å². The average molecular weight is 293 g/mol. The lowest BCUT2D eigenvalue weighted by atomic mass is 10.2. The van der Waals surface area contributed by atoms with Gasteiger partial charge in [0, 0.05) is 31.7 Å². The van der Waals surface area contributed by atoms with Crippen LogP contribution in [0.3, 0.4) is 0 Å². The second kappa shape index (κ2) is 6.09. The molecule has 108 valence electrons. The molecule has 0 bridgehead atoms. The lowest BCUT2D eigenvalue weighted by Crippen LogP contribution is -2.18. The first-order valence-corrected chi connectivity index (χ1v) is 8.36. The predicted molar refractivity (Wildman–Crippen MR) is 79.4 cm³/mol. The molecule has 0 unspecified atom stereocenters. The van der Waals surface area contributed by atoms with Crippen LogP contribution < -0.4 is 5.32 Å². The van der Waals surface area contributed by atoms with Crippen LogP contribution in [-0.2, 0) is 16.4 Å². The smallest absolute Gasteiger partial charge is 0.177 e. The number of aromatic nitrogens is 2. The van der Waals surface area contributed by atoms with Gasteiger partial charge in [0.15, 0.2) is 9.84 Å². The van der Waals surface area contributed by atoms with Crippen LogP contribution in [0.25, 0.3) is 0 Å². The molecule has 0 spiro atoms. The fourth-order valence-electron chi connectivity index (χ4n) is 2.01. The van der Waals surface area contributed by atoms with E-state index < -0.39 is 9.84 Å². The fraction of sp³-hybridized carbons (Fsp3) is 0.357. The van der Waals surface area contributed by atoms with Crippen molar-refractivity contribution in [1.82, 2.24) is 9.78 Å². The van der Waals surface area contributed by atoms with Crippen LogP contribution in [0, 0.1) is 5.92 Å². The third kappa shape index (κ3) is 3.84. The standard InChI is InChI=1S/C14H19N3O2S/c1-12(11-17-9-5-8-16-17)10-15-13-6-3-4-7-14(13)20(2,18)19/h3-9,12,15H,10-11H2,1-2H3/t12-/m0/s1. The summed E-state index contributed by atoms with van der Waals surface area (Å²) < 4.78 is 25.3. The number of benzene rings is 1. The van der Waals surface area contributed by atoms with Crippen LogP contribution in [0.4, 0.5) is 5.69 Å². The highest BCUT2D eigenvalue weighted by atomic mass is 32.2. The first kappa shape index (κ1) is 14.6. The third-order valence-corrected chi connectivity index (χ3v) is 4.14. The fourth-order valence-corrected chi connectivity index (χ4v) is 2.88. The Labute approximate surface area is 119 Å². The molecule has 1 heterocycles. The normalized spacial score (nSPS) is 13.1. The molecule has 5 nitrogen and oxygen atoms in total. The number of hydrogen-bond donors (Lipinski definition) is 1. The van der Waals surface area contributed by atoms with Gasteiger partial charge in [0.05, 0.1) is 10.6 Å². The number of para-hydroxylation sites is 1. The van der Waals surface area contributed by atoms with Gasteiger partial charge in [-0.15, -0.1) is 0 Å². The van der Waals surface area contributed by atoms with Crippen molar-refractivity contribution in [3.8, 4) is 0 Å². The number of anilines is 1. The van der Waals surface area contributed by atoms with Crippen LogP contribution in [0.1, 0.15) is 6.92 Å². The molecule has 6 heteroatoms. The second-order valence-electron chi connectivity index (χ2n) is 4.98. The van der Waals surface area contributed by atoms with Gasteiger partial charge in [-0.25, -0.2) is 8.42 Å². The van der Waals surface area contributed by atoms with E-state index in [1.165, 1.54) is 6.26 Å². The van der Waals surface area contributed by atoms with E-state index in [1.807, 2.05) is 23.0 Å². The summed E-state index contributed by atoms with van der Waals surface area (Å²) in [7, 11) is -3.21. The summed E-state index contributed by atoms with van der Waals surface area (Å²) in [4.78, 5) is 0.339. The molecule has 2 aromatic rings. The van der Waals surface area contributed by atoms with Crippen molar-refractivity contribution in [2.75, 3.05) is 18.1 Å². The highest BCUT2D eigenvalue weighted by Crippen LogP contribution is 2.20. The number of nitrogens with zero attached hydrogens (tertiary/aromatic N) is 2. The number of sulfone groups is 1. The summed E-state index contributed by atoms with van der Waals surface area (Å²) in [6, 6.07) is 8.86. The number of hydrogen-bond acceptors (Lipinski definition) is 4. The molecule has 20 heavy (non-hydrogen) atoms. The Kier molecular flexibility index (Phi) is 4.44. The Balaban J connectivity index is 2.01. The van der Waals surface area contributed by atoms with Gasteiger partial charge in [0.1, 0.15) is 0 Å². The van der Waals surface area contributed by atoms with Gasteiger partial charge in [-0.1, -0.05) is 19.1 Å². The summed E-state index contributed by atoms with van der Waals surface area (Å²) in [5.41, 5.74) is 0.655. The maximum absolute atomic E-state index is 11.7.